The fourth-order valence-electron chi connectivity index (χ4n) is 1.46. The van der Waals surface area contributed by atoms with Crippen LogP contribution in [0, 0.1) is 0 Å². The lowest BCUT2D eigenvalue weighted by Gasteiger charge is -2.03. The summed E-state index contributed by atoms with van der Waals surface area (Å²) in [5.41, 5.74) is 12.9. The molecule has 2 aromatic rings. The zero-order chi connectivity index (χ0) is 16.5. The molecule has 0 radical (unpaired) electrons. The number of hydrogen-bond acceptors (Lipinski definition) is 5. The molecule has 22 heavy (non-hydrogen) atoms. The third kappa shape index (κ3) is 5.87. The molecule has 0 aromatic heterocycles. The maximum Gasteiger partial charge on any atom is 0.328 e. The molecule has 0 aliphatic rings. The van der Waals surface area contributed by atoms with Gasteiger partial charge in [0.15, 0.2) is 11.5 Å². The first-order valence-electron chi connectivity index (χ1n) is 6.31. The van der Waals surface area contributed by atoms with Crippen LogP contribution in [0.4, 0.5) is 11.4 Å². The summed E-state index contributed by atoms with van der Waals surface area (Å²) >= 11 is 0. The van der Waals surface area contributed by atoms with Gasteiger partial charge in [-0.25, -0.2) is 4.79 Å². The zero-order valence-corrected chi connectivity index (χ0v) is 12.1. The summed E-state index contributed by atoms with van der Waals surface area (Å²) in [6, 6.07) is 11.7. The third-order valence-corrected chi connectivity index (χ3v) is 2.56. The average molecular weight is 302 g/mol. The van der Waals surface area contributed by atoms with Crippen molar-refractivity contribution in [1.82, 2.24) is 0 Å². The Kier molecular flexibility index (Phi) is 6.31. The number of aromatic hydroxyl groups is 1. The monoisotopic (exact) mass is 302 g/mol. The molecule has 0 atom stereocenters. The van der Waals surface area contributed by atoms with Crippen molar-refractivity contribution in [3.63, 3.8) is 0 Å². The van der Waals surface area contributed by atoms with Gasteiger partial charge in [0.05, 0.1) is 7.11 Å². The highest BCUT2D eigenvalue weighted by Crippen LogP contribution is 2.26. The van der Waals surface area contributed by atoms with E-state index in [1.807, 2.05) is 0 Å². The van der Waals surface area contributed by atoms with E-state index in [1.54, 1.807) is 36.4 Å². The molecule has 0 fully saturated rings. The van der Waals surface area contributed by atoms with Gasteiger partial charge in [-0.05, 0) is 48.0 Å². The average Bonchev–Trinajstić information content (AvgIpc) is 2.50. The quantitative estimate of drug-likeness (QED) is 0.510. The van der Waals surface area contributed by atoms with E-state index >= 15 is 0 Å². The molecule has 0 heterocycles. The number of carboxylic acid groups (broad SMARTS) is 1. The number of methoxy groups -OCH3 is 1. The summed E-state index contributed by atoms with van der Waals surface area (Å²) in [5.74, 6) is -0.672. The molecule has 0 saturated heterocycles. The normalized spacial score (nSPS) is 9.86. The molecule has 116 valence electrons. The summed E-state index contributed by atoms with van der Waals surface area (Å²) in [4.78, 5) is 10.2. The van der Waals surface area contributed by atoms with Crippen molar-refractivity contribution in [3.8, 4) is 11.5 Å². The number of nitrogen functional groups attached to an aromatic ring is 2. The number of phenolic OH excluding ortho intramolecular Hbond substituents is 1. The number of hydrogen-bond donors (Lipinski definition) is 4. The van der Waals surface area contributed by atoms with E-state index in [0.717, 1.165) is 17.5 Å². The summed E-state index contributed by atoms with van der Waals surface area (Å²) in [5, 5.41) is 17.6. The van der Waals surface area contributed by atoms with Crippen molar-refractivity contribution >= 4 is 23.4 Å². The van der Waals surface area contributed by atoms with Crippen LogP contribution in [0.5, 0.6) is 11.5 Å². The molecule has 0 aliphatic carbocycles. The highest BCUT2D eigenvalue weighted by molar-refractivity contribution is 5.85. The lowest BCUT2D eigenvalue weighted by Crippen LogP contribution is -1.87. The van der Waals surface area contributed by atoms with E-state index in [2.05, 4.69) is 0 Å². The van der Waals surface area contributed by atoms with Crippen LogP contribution in [-0.4, -0.2) is 23.3 Å². The van der Waals surface area contributed by atoms with Crippen LogP contribution in [0.2, 0.25) is 0 Å². The molecular formula is C16H18N2O4. The number of benzene rings is 2. The van der Waals surface area contributed by atoms with E-state index in [-0.39, 0.29) is 5.75 Å². The van der Waals surface area contributed by atoms with Gasteiger partial charge >= 0.3 is 5.97 Å². The summed E-state index contributed by atoms with van der Waals surface area (Å²) in [6.07, 6.45) is 2.44. The first-order chi connectivity index (χ1) is 10.4. The lowest BCUT2D eigenvalue weighted by molar-refractivity contribution is -0.131. The van der Waals surface area contributed by atoms with Crippen molar-refractivity contribution in [2.45, 2.75) is 0 Å². The Labute approximate surface area is 128 Å². The first kappa shape index (κ1) is 16.9. The molecule has 0 bridgehead atoms. The summed E-state index contributed by atoms with van der Waals surface area (Å²) in [7, 11) is 1.43. The molecule has 2 aromatic carbocycles. The molecule has 6 heteroatoms. The van der Waals surface area contributed by atoms with Gasteiger partial charge in [0.1, 0.15) is 0 Å². The number of carbonyl (C=O) groups is 1. The van der Waals surface area contributed by atoms with Gasteiger partial charge in [0.2, 0.25) is 0 Å². The number of phenols is 1. The Morgan fingerprint density at radius 3 is 2.09 bits per heavy atom. The maximum absolute atomic E-state index is 10.2. The molecule has 2 rings (SSSR count). The SMILES string of the molecule is COc1cc(/C=C/C(=O)O)ccc1O.Nc1ccc(N)cc1. The summed E-state index contributed by atoms with van der Waals surface area (Å²) in [6.45, 7) is 0. The fraction of sp³-hybridized carbons (Fsp3) is 0.0625. The van der Waals surface area contributed by atoms with Gasteiger partial charge in [-0.2, -0.15) is 0 Å². The van der Waals surface area contributed by atoms with Crippen LogP contribution in [0.15, 0.2) is 48.5 Å². The van der Waals surface area contributed by atoms with Gasteiger partial charge < -0.3 is 26.4 Å². The van der Waals surface area contributed by atoms with Crippen LogP contribution in [-0.2, 0) is 4.79 Å². The van der Waals surface area contributed by atoms with Crippen LogP contribution in [0.1, 0.15) is 5.56 Å². The number of aliphatic carboxylic acids is 1. The standard InChI is InChI=1S/C10H10O4.C6H8N2/c1-14-9-6-7(2-4-8(9)11)3-5-10(12)13;7-5-1-2-6(8)4-3-5/h2-6,11H,1H3,(H,12,13);1-4H,7-8H2/b5-3+;. The van der Waals surface area contributed by atoms with E-state index < -0.39 is 5.97 Å². The Bertz CT molecular complexity index is 631. The number of nitrogens with two attached hydrogens (primary N) is 2. The minimum atomic E-state index is -1.02. The number of carboxylic acids is 1. The Morgan fingerprint density at radius 1 is 1.09 bits per heavy atom. The van der Waals surface area contributed by atoms with Crippen LogP contribution in [0.25, 0.3) is 6.08 Å². The molecule has 6 N–H and O–H groups in total. The van der Waals surface area contributed by atoms with Crippen LogP contribution < -0.4 is 16.2 Å². The van der Waals surface area contributed by atoms with Crippen LogP contribution >= 0.6 is 0 Å². The highest BCUT2D eigenvalue weighted by Gasteiger charge is 2.00. The van der Waals surface area contributed by atoms with Gasteiger partial charge in [-0.15, -0.1) is 0 Å². The molecule has 0 unspecified atom stereocenters. The second kappa shape index (κ2) is 8.21. The molecule has 0 aliphatic heterocycles. The van der Waals surface area contributed by atoms with Crippen molar-refractivity contribution in [3.05, 3.63) is 54.1 Å². The molecule has 0 spiro atoms. The molecule has 6 nitrogen and oxygen atoms in total. The van der Waals surface area contributed by atoms with Crippen molar-refractivity contribution in [1.29, 1.82) is 0 Å². The van der Waals surface area contributed by atoms with E-state index in [9.17, 15) is 9.90 Å². The van der Waals surface area contributed by atoms with Gasteiger partial charge in [-0.1, -0.05) is 6.07 Å². The number of rotatable bonds is 3. The molecule has 0 amide bonds. The van der Waals surface area contributed by atoms with Crippen molar-refractivity contribution < 1.29 is 19.7 Å². The largest absolute Gasteiger partial charge is 0.504 e. The Morgan fingerprint density at radius 2 is 1.64 bits per heavy atom. The van der Waals surface area contributed by atoms with Gasteiger partial charge in [0, 0.05) is 17.5 Å². The minimum absolute atomic E-state index is 0.0278. The molecular weight excluding hydrogens is 284 g/mol. The first-order valence-corrected chi connectivity index (χ1v) is 6.31. The van der Waals surface area contributed by atoms with E-state index in [0.29, 0.717) is 11.3 Å². The lowest BCUT2D eigenvalue weighted by atomic mass is 10.2. The third-order valence-electron chi connectivity index (χ3n) is 2.56. The van der Waals surface area contributed by atoms with Gasteiger partial charge in [-0.3, -0.25) is 0 Å². The zero-order valence-electron chi connectivity index (χ0n) is 12.1. The maximum atomic E-state index is 10.2. The summed E-state index contributed by atoms with van der Waals surface area (Å²) < 4.78 is 4.86. The topological polar surface area (TPSA) is 119 Å². The van der Waals surface area contributed by atoms with Crippen LogP contribution in [0.3, 0.4) is 0 Å². The second-order valence-corrected chi connectivity index (χ2v) is 4.27. The van der Waals surface area contributed by atoms with Crippen molar-refractivity contribution in [2.24, 2.45) is 0 Å². The predicted molar refractivity (Wildman–Crippen MR) is 86.6 cm³/mol. The number of ether oxygens (including phenoxy) is 1. The predicted octanol–water partition coefficient (Wildman–Crippen LogP) is 2.35. The Hall–Kier alpha value is -3.15. The fourth-order valence-corrected chi connectivity index (χ4v) is 1.46. The smallest absolute Gasteiger partial charge is 0.328 e. The highest BCUT2D eigenvalue weighted by atomic mass is 16.5. The Balaban J connectivity index is 0.000000255. The van der Waals surface area contributed by atoms with E-state index in [4.69, 9.17) is 21.3 Å². The second-order valence-electron chi connectivity index (χ2n) is 4.27. The van der Waals surface area contributed by atoms with E-state index in [1.165, 1.54) is 19.3 Å². The number of anilines is 2. The molecule has 0 saturated carbocycles. The van der Waals surface area contributed by atoms with Gasteiger partial charge in [0.25, 0.3) is 0 Å². The van der Waals surface area contributed by atoms with Crippen molar-refractivity contribution in [2.75, 3.05) is 18.6 Å². The minimum Gasteiger partial charge on any atom is -0.504 e.